The second-order valence-electron chi connectivity index (χ2n) is 2.51. The van der Waals surface area contributed by atoms with Gasteiger partial charge in [-0.15, -0.1) is 0 Å². The first-order valence-corrected chi connectivity index (χ1v) is 3.68. The molecule has 1 rings (SSSR count). The van der Waals surface area contributed by atoms with Crippen LogP contribution in [0, 0.1) is 0 Å². The second-order valence-corrected chi connectivity index (χ2v) is 2.51. The summed E-state index contributed by atoms with van der Waals surface area (Å²) in [4.78, 5) is 10.9. The van der Waals surface area contributed by atoms with E-state index in [2.05, 4.69) is 9.84 Å². The summed E-state index contributed by atoms with van der Waals surface area (Å²) < 4.78 is 6.05. The molecule has 0 bridgehead atoms. The van der Waals surface area contributed by atoms with Gasteiger partial charge in [-0.2, -0.15) is 5.10 Å². The quantitative estimate of drug-likeness (QED) is 0.510. The van der Waals surface area contributed by atoms with Gasteiger partial charge in [0.1, 0.15) is 5.70 Å². The van der Waals surface area contributed by atoms with Crippen molar-refractivity contribution in [3.63, 3.8) is 0 Å². The highest BCUT2D eigenvalue weighted by Gasteiger charge is 2.04. The van der Waals surface area contributed by atoms with Crippen molar-refractivity contribution in [3.8, 4) is 0 Å². The molecule has 0 aliphatic heterocycles. The first-order chi connectivity index (χ1) is 6.13. The average molecular weight is 181 g/mol. The van der Waals surface area contributed by atoms with Crippen LogP contribution in [0.25, 0.3) is 6.08 Å². The van der Waals surface area contributed by atoms with Gasteiger partial charge < -0.3 is 10.5 Å². The lowest BCUT2D eigenvalue weighted by molar-refractivity contribution is -0.136. The Morgan fingerprint density at radius 2 is 2.46 bits per heavy atom. The molecule has 70 valence electrons. The van der Waals surface area contributed by atoms with Crippen molar-refractivity contribution >= 4 is 12.0 Å². The molecule has 0 aliphatic carbocycles. The Labute approximate surface area is 75.8 Å². The molecule has 0 saturated heterocycles. The third-order valence-corrected chi connectivity index (χ3v) is 1.46. The lowest BCUT2D eigenvalue weighted by Crippen LogP contribution is -2.12. The molecule has 1 heterocycles. The van der Waals surface area contributed by atoms with Crippen LogP contribution in [-0.4, -0.2) is 22.9 Å². The second kappa shape index (κ2) is 3.75. The number of rotatable bonds is 2. The van der Waals surface area contributed by atoms with Gasteiger partial charge in [-0.3, -0.25) is 4.68 Å². The largest absolute Gasteiger partial charge is 0.464 e. The van der Waals surface area contributed by atoms with Gasteiger partial charge in [0.25, 0.3) is 0 Å². The summed E-state index contributed by atoms with van der Waals surface area (Å²) in [5.74, 6) is -0.550. The van der Waals surface area contributed by atoms with Crippen molar-refractivity contribution in [1.29, 1.82) is 0 Å². The molecule has 1 aromatic heterocycles. The Kier molecular flexibility index (Phi) is 2.69. The fourth-order valence-electron chi connectivity index (χ4n) is 0.846. The van der Waals surface area contributed by atoms with Crippen LogP contribution in [0.1, 0.15) is 5.69 Å². The number of aromatic nitrogens is 2. The highest BCUT2D eigenvalue weighted by molar-refractivity contribution is 5.92. The summed E-state index contributed by atoms with van der Waals surface area (Å²) in [5.41, 5.74) is 6.08. The van der Waals surface area contributed by atoms with Crippen LogP contribution in [0.4, 0.5) is 0 Å². The molecule has 0 radical (unpaired) electrons. The number of methoxy groups -OCH3 is 1. The van der Waals surface area contributed by atoms with Gasteiger partial charge in [0.2, 0.25) is 0 Å². The van der Waals surface area contributed by atoms with E-state index in [0.29, 0.717) is 5.69 Å². The minimum absolute atomic E-state index is 0.0428. The molecule has 0 amide bonds. The van der Waals surface area contributed by atoms with Crippen LogP contribution in [0.5, 0.6) is 0 Å². The van der Waals surface area contributed by atoms with E-state index in [-0.39, 0.29) is 5.70 Å². The monoisotopic (exact) mass is 181 g/mol. The van der Waals surface area contributed by atoms with Crippen LogP contribution in [-0.2, 0) is 16.6 Å². The predicted molar refractivity (Wildman–Crippen MR) is 47.4 cm³/mol. The van der Waals surface area contributed by atoms with E-state index in [1.807, 2.05) is 0 Å². The zero-order valence-electron chi connectivity index (χ0n) is 7.52. The van der Waals surface area contributed by atoms with Gasteiger partial charge in [-0.25, -0.2) is 4.79 Å². The molecule has 13 heavy (non-hydrogen) atoms. The normalized spacial score (nSPS) is 11.4. The summed E-state index contributed by atoms with van der Waals surface area (Å²) >= 11 is 0. The molecule has 5 heteroatoms. The van der Waals surface area contributed by atoms with Gasteiger partial charge in [0, 0.05) is 13.2 Å². The minimum atomic E-state index is -0.550. The zero-order chi connectivity index (χ0) is 9.84. The molecule has 0 fully saturated rings. The highest BCUT2D eigenvalue weighted by Crippen LogP contribution is 2.00. The predicted octanol–water partition coefficient (Wildman–Crippen LogP) is -0.107. The molecule has 0 aromatic carbocycles. The number of esters is 1. The minimum Gasteiger partial charge on any atom is -0.464 e. The fourth-order valence-corrected chi connectivity index (χ4v) is 0.846. The van der Waals surface area contributed by atoms with Crippen molar-refractivity contribution in [3.05, 3.63) is 23.7 Å². The van der Waals surface area contributed by atoms with Crippen LogP contribution in [0.2, 0.25) is 0 Å². The molecule has 5 nitrogen and oxygen atoms in total. The average Bonchev–Trinajstić information content (AvgIpc) is 2.49. The number of aryl methyl sites for hydroxylation is 1. The maximum Gasteiger partial charge on any atom is 0.353 e. The molecular formula is C8H11N3O2. The molecule has 0 saturated carbocycles. The van der Waals surface area contributed by atoms with Crippen LogP contribution in [0.3, 0.4) is 0 Å². The molecule has 0 aliphatic rings. The number of hydrogen-bond donors (Lipinski definition) is 1. The van der Waals surface area contributed by atoms with Crippen molar-refractivity contribution < 1.29 is 9.53 Å². The van der Waals surface area contributed by atoms with Crippen molar-refractivity contribution in [2.75, 3.05) is 7.11 Å². The Morgan fingerprint density at radius 3 is 2.92 bits per heavy atom. The summed E-state index contributed by atoms with van der Waals surface area (Å²) in [5, 5.41) is 4.02. The Morgan fingerprint density at radius 1 is 1.77 bits per heavy atom. The number of carbonyl (C=O) groups excluding carboxylic acids is 1. The van der Waals surface area contributed by atoms with Gasteiger partial charge in [-0.05, 0) is 12.1 Å². The van der Waals surface area contributed by atoms with Crippen LogP contribution < -0.4 is 5.73 Å². The molecule has 0 atom stereocenters. The van der Waals surface area contributed by atoms with E-state index in [9.17, 15) is 4.79 Å². The molecule has 1 aromatic rings. The first kappa shape index (κ1) is 9.31. The third-order valence-electron chi connectivity index (χ3n) is 1.46. The number of carbonyl (C=O) groups is 1. The maximum atomic E-state index is 10.9. The van der Waals surface area contributed by atoms with Gasteiger partial charge in [0.05, 0.1) is 12.8 Å². The molecule has 0 spiro atoms. The summed E-state index contributed by atoms with van der Waals surface area (Å²) in [6.45, 7) is 0. The Hall–Kier alpha value is -1.78. The standard InChI is InChI=1S/C8H11N3O2/c1-11-4-3-6(10-11)5-7(9)8(12)13-2/h3-5H,9H2,1-2H3/b7-5-. The van der Waals surface area contributed by atoms with E-state index in [1.54, 1.807) is 24.0 Å². The zero-order valence-corrected chi connectivity index (χ0v) is 7.52. The lowest BCUT2D eigenvalue weighted by Gasteiger charge is -1.96. The van der Waals surface area contributed by atoms with Gasteiger partial charge in [-0.1, -0.05) is 0 Å². The summed E-state index contributed by atoms with van der Waals surface area (Å²) in [7, 11) is 3.06. The molecule has 2 N–H and O–H groups in total. The topological polar surface area (TPSA) is 70.1 Å². The summed E-state index contributed by atoms with van der Waals surface area (Å²) in [6, 6.07) is 1.75. The van der Waals surface area contributed by atoms with Gasteiger partial charge in [0.15, 0.2) is 0 Å². The number of nitrogens with zero attached hydrogens (tertiary/aromatic N) is 2. The summed E-state index contributed by atoms with van der Waals surface area (Å²) in [6.07, 6.45) is 3.22. The smallest absolute Gasteiger partial charge is 0.353 e. The lowest BCUT2D eigenvalue weighted by atomic mass is 10.3. The van der Waals surface area contributed by atoms with E-state index in [0.717, 1.165) is 0 Å². The number of nitrogens with two attached hydrogens (primary N) is 1. The molecule has 0 unspecified atom stereocenters. The number of ether oxygens (including phenoxy) is 1. The van der Waals surface area contributed by atoms with Crippen molar-refractivity contribution in [1.82, 2.24) is 9.78 Å². The third kappa shape index (κ3) is 2.33. The van der Waals surface area contributed by atoms with Crippen molar-refractivity contribution in [2.45, 2.75) is 0 Å². The fraction of sp³-hybridized carbons (Fsp3) is 0.250. The van der Waals surface area contributed by atoms with E-state index >= 15 is 0 Å². The van der Waals surface area contributed by atoms with E-state index in [1.165, 1.54) is 13.2 Å². The SMILES string of the molecule is COC(=O)/C(N)=C/c1ccn(C)n1. The highest BCUT2D eigenvalue weighted by atomic mass is 16.5. The van der Waals surface area contributed by atoms with Crippen molar-refractivity contribution in [2.24, 2.45) is 12.8 Å². The van der Waals surface area contributed by atoms with Gasteiger partial charge >= 0.3 is 5.97 Å². The van der Waals surface area contributed by atoms with Crippen LogP contribution in [0.15, 0.2) is 18.0 Å². The van der Waals surface area contributed by atoms with E-state index in [4.69, 9.17) is 5.73 Å². The van der Waals surface area contributed by atoms with E-state index < -0.39 is 5.97 Å². The Balaban J connectivity index is 2.82. The molecular weight excluding hydrogens is 170 g/mol. The van der Waals surface area contributed by atoms with Crippen LogP contribution >= 0.6 is 0 Å². The maximum absolute atomic E-state index is 10.9. The Bertz CT molecular complexity index is 341. The number of hydrogen-bond acceptors (Lipinski definition) is 4. The first-order valence-electron chi connectivity index (χ1n) is 3.68.